The Morgan fingerprint density at radius 2 is 1.71 bits per heavy atom. The van der Waals surface area contributed by atoms with Gasteiger partial charge in [0.1, 0.15) is 42.7 Å². The van der Waals surface area contributed by atoms with Crippen molar-refractivity contribution < 1.29 is 52.9 Å². The highest BCUT2D eigenvalue weighted by atomic mass is 19.1. The van der Waals surface area contributed by atoms with Gasteiger partial charge in [-0.3, -0.25) is 10.4 Å². The summed E-state index contributed by atoms with van der Waals surface area (Å²) in [5, 5.41) is 20.8. The van der Waals surface area contributed by atoms with E-state index in [9.17, 15) is 9.18 Å². The molecular formula is C43H51FN4O10. The van der Waals surface area contributed by atoms with Crippen LogP contribution in [-0.2, 0) is 43.6 Å². The van der Waals surface area contributed by atoms with Crippen molar-refractivity contribution in [1.29, 1.82) is 0 Å². The van der Waals surface area contributed by atoms with Crippen molar-refractivity contribution in [2.24, 2.45) is 0 Å². The molecule has 4 atom stereocenters. The number of anilines is 2. The van der Waals surface area contributed by atoms with Crippen LogP contribution in [-0.4, -0.2) is 99.9 Å². The number of halogens is 1. The number of piperidine rings is 1. The molecule has 4 aromatic carbocycles. The quantitative estimate of drug-likeness (QED) is 0.0631. The summed E-state index contributed by atoms with van der Waals surface area (Å²) in [7, 11) is 1.71. The highest BCUT2D eigenvalue weighted by Gasteiger charge is 2.38. The monoisotopic (exact) mass is 802 g/mol. The minimum absolute atomic E-state index is 0.0554. The number of nitrogens with one attached hydrogen (secondary N) is 1. The molecule has 3 heterocycles. The number of benzene rings is 4. The van der Waals surface area contributed by atoms with Gasteiger partial charge in [-0.2, -0.15) is 0 Å². The van der Waals surface area contributed by atoms with Crippen LogP contribution < -0.4 is 24.6 Å². The molecule has 15 heteroatoms. The average molecular weight is 803 g/mol. The molecule has 2 saturated heterocycles. The highest BCUT2D eigenvalue weighted by molar-refractivity contribution is 5.62. The molecule has 0 spiro atoms. The molecule has 2 fully saturated rings. The summed E-state index contributed by atoms with van der Waals surface area (Å²) >= 11 is 0. The second-order valence-electron chi connectivity index (χ2n) is 14.6. The molecule has 0 saturated carbocycles. The lowest BCUT2D eigenvalue weighted by Gasteiger charge is -2.38. The summed E-state index contributed by atoms with van der Waals surface area (Å²) < 4.78 is 49.7. The number of hydrogen-bond acceptors (Lipinski definition) is 14. The molecule has 4 aromatic rings. The van der Waals surface area contributed by atoms with Crippen LogP contribution in [0.5, 0.6) is 11.5 Å². The van der Waals surface area contributed by atoms with Crippen LogP contribution in [0.4, 0.5) is 20.6 Å². The van der Waals surface area contributed by atoms with E-state index in [0.717, 1.165) is 60.7 Å². The molecule has 0 aliphatic carbocycles. The number of carbonyl (C=O) groups is 1. The van der Waals surface area contributed by atoms with E-state index in [2.05, 4.69) is 21.2 Å². The molecule has 3 aliphatic heterocycles. The lowest BCUT2D eigenvalue weighted by molar-refractivity contribution is -0.497. The van der Waals surface area contributed by atoms with E-state index < -0.39 is 12.3 Å². The van der Waals surface area contributed by atoms with Crippen LogP contribution in [0.2, 0.25) is 0 Å². The largest absolute Gasteiger partial charge is 0.508 e. The fourth-order valence-electron chi connectivity index (χ4n) is 7.75. The van der Waals surface area contributed by atoms with Crippen LogP contribution in [0.25, 0.3) is 0 Å². The fourth-order valence-corrected chi connectivity index (χ4v) is 7.75. The molecular weight excluding hydrogens is 751 g/mol. The van der Waals surface area contributed by atoms with Crippen molar-refractivity contribution in [3.63, 3.8) is 0 Å². The molecule has 0 amide bonds. The van der Waals surface area contributed by atoms with Gasteiger partial charge in [0.25, 0.3) is 0 Å². The number of hydrogen-bond donors (Lipinski definition) is 3. The predicted octanol–water partition coefficient (Wildman–Crippen LogP) is 6.22. The molecule has 14 nitrogen and oxygen atoms in total. The predicted molar refractivity (Wildman–Crippen MR) is 211 cm³/mol. The lowest BCUT2D eigenvalue weighted by Crippen LogP contribution is -2.51. The Balaban J connectivity index is 1.04. The van der Waals surface area contributed by atoms with E-state index >= 15 is 0 Å². The number of nitrogens with zero attached hydrogens (tertiary/aromatic N) is 3. The number of fused-ring (bicyclic) bond motifs is 1. The normalized spacial score (nSPS) is 20.4. The van der Waals surface area contributed by atoms with Gasteiger partial charge in [0, 0.05) is 57.9 Å². The van der Waals surface area contributed by atoms with Crippen LogP contribution in [0.1, 0.15) is 41.0 Å². The first-order valence-electron chi connectivity index (χ1n) is 19.6. The molecule has 0 bridgehead atoms. The van der Waals surface area contributed by atoms with Crippen LogP contribution in [0, 0.1) is 5.82 Å². The Kier molecular flexibility index (Phi) is 14.3. The number of ether oxygens (including phenoxy) is 6. The second kappa shape index (κ2) is 20.1. The molecule has 0 aromatic heterocycles. The van der Waals surface area contributed by atoms with E-state index in [4.69, 9.17) is 43.7 Å². The summed E-state index contributed by atoms with van der Waals surface area (Å²) in [6, 6.07) is 27.6. The Hall–Kier alpha value is -5.00. The Morgan fingerprint density at radius 3 is 2.52 bits per heavy atom. The Morgan fingerprint density at radius 1 is 0.914 bits per heavy atom. The van der Waals surface area contributed by atoms with Gasteiger partial charge < -0.3 is 43.5 Å². The molecule has 3 N–H and O–H groups in total. The fraction of sp³-hybridized carbons (Fsp3) is 0.419. The van der Waals surface area contributed by atoms with E-state index in [-0.39, 0.29) is 42.5 Å². The molecule has 7 rings (SSSR count). The number of methoxy groups -OCH3 is 1. The zero-order valence-corrected chi connectivity index (χ0v) is 32.5. The summed E-state index contributed by atoms with van der Waals surface area (Å²) in [6.45, 7) is 5.47. The SMILES string of the molecule is COCCCN1CCOc2ccc(COC3CNCC(OC(=O)OCc4cccc(CON(O)O)c4)C3c3ccc(OC4CCN(c5cccc(F)c5)C4)cc3)cc21. The first-order valence-corrected chi connectivity index (χ1v) is 19.6. The van der Waals surface area contributed by atoms with Gasteiger partial charge in [-0.15, -0.1) is 0 Å². The molecule has 0 radical (unpaired) electrons. The van der Waals surface area contributed by atoms with Crippen LogP contribution >= 0.6 is 0 Å². The van der Waals surface area contributed by atoms with E-state index in [1.807, 2.05) is 42.5 Å². The van der Waals surface area contributed by atoms with Crippen LogP contribution in [0.3, 0.4) is 0 Å². The lowest BCUT2D eigenvalue weighted by atomic mass is 9.85. The summed E-state index contributed by atoms with van der Waals surface area (Å²) in [4.78, 5) is 22.4. The topological polar surface area (TPSA) is 144 Å². The van der Waals surface area contributed by atoms with Crippen molar-refractivity contribution in [3.05, 3.63) is 119 Å². The Labute approximate surface area is 337 Å². The first kappa shape index (κ1) is 41.2. The number of rotatable bonds is 17. The van der Waals surface area contributed by atoms with E-state index in [1.165, 1.54) is 6.07 Å². The zero-order valence-electron chi connectivity index (χ0n) is 32.5. The standard InChI is InChI=1S/C43H51FN4O10/c1-52-19-4-16-46-18-20-53-39-14-9-32(22-38(39)46)27-54-40-24-45-25-41(58-43(49)55-28-30-5-2-6-31(21-30)29-56-48(50)51)42(40)33-10-12-36(13-11-33)57-37-15-17-47(26-37)35-8-3-7-34(44)23-35/h2-3,5-14,21-23,37,40-42,45,50-51H,4,15-20,24-29H2,1H3. The zero-order chi connectivity index (χ0) is 40.3. The number of carbonyl (C=O) groups excluding carboxylic acids is 1. The first-order chi connectivity index (χ1) is 28.3. The van der Waals surface area contributed by atoms with Crippen molar-refractivity contribution in [1.82, 2.24) is 10.7 Å². The van der Waals surface area contributed by atoms with Crippen LogP contribution in [0.15, 0.2) is 91.0 Å². The van der Waals surface area contributed by atoms with Crippen molar-refractivity contribution in [2.45, 2.75) is 56.9 Å². The summed E-state index contributed by atoms with van der Waals surface area (Å²) in [5.74, 6) is 0.954. The van der Waals surface area contributed by atoms with Gasteiger partial charge in [0.2, 0.25) is 0 Å². The maximum absolute atomic E-state index is 13.9. The molecule has 4 unspecified atom stereocenters. The summed E-state index contributed by atoms with van der Waals surface area (Å²) in [6.07, 6.45) is -0.165. The van der Waals surface area contributed by atoms with E-state index in [0.29, 0.717) is 56.3 Å². The third kappa shape index (κ3) is 11.1. The van der Waals surface area contributed by atoms with Crippen molar-refractivity contribution in [3.8, 4) is 11.5 Å². The third-order valence-corrected chi connectivity index (χ3v) is 10.5. The maximum Gasteiger partial charge on any atom is 0.508 e. The smallest absolute Gasteiger partial charge is 0.490 e. The van der Waals surface area contributed by atoms with Gasteiger partial charge in [-0.05, 0) is 71.1 Å². The maximum atomic E-state index is 13.9. The second-order valence-corrected chi connectivity index (χ2v) is 14.6. The van der Waals surface area contributed by atoms with Gasteiger partial charge in [-0.1, -0.05) is 48.5 Å². The van der Waals surface area contributed by atoms with Gasteiger partial charge in [0.15, 0.2) is 0 Å². The van der Waals surface area contributed by atoms with Crippen molar-refractivity contribution >= 4 is 17.5 Å². The molecule has 310 valence electrons. The van der Waals surface area contributed by atoms with E-state index in [1.54, 1.807) is 43.5 Å². The third-order valence-electron chi connectivity index (χ3n) is 10.5. The summed E-state index contributed by atoms with van der Waals surface area (Å²) in [5.41, 5.74) is 5.10. The minimum atomic E-state index is -0.830. The molecule has 3 aliphatic rings. The average Bonchev–Trinajstić information content (AvgIpc) is 3.71. The van der Waals surface area contributed by atoms with Crippen molar-refractivity contribution in [2.75, 3.05) is 69.4 Å². The minimum Gasteiger partial charge on any atom is -0.490 e. The highest BCUT2D eigenvalue weighted by Crippen LogP contribution is 2.35. The Bertz CT molecular complexity index is 1940. The van der Waals surface area contributed by atoms with Gasteiger partial charge >= 0.3 is 6.16 Å². The van der Waals surface area contributed by atoms with Gasteiger partial charge in [-0.25, -0.2) is 14.0 Å². The molecule has 58 heavy (non-hydrogen) atoms. The van der Waals surface area contributed by atoms with Gasteiger partial charge in [0.05, 0.1) is 43.5 Å².